The van der Waals surface area contributed by atoms with Crippen molar-refractivity contribution in [2.45, 2.75) is 0 Å². The third-order valence-electron chi connectivity index (χ3n) is 3.10. The predicted octanol–water partition coefficient (Wildman–Crippen LogP) is 0.119. The van der Waals surface area contributed by atoms with Gasteiger partial charge in [0.15, 0.2) is 0 Å². The van der Waals surface area contributed by atoms with Crippen LogP contribution in [0, 0.1) is 0 Å². The number of nitrogens with zero attached hydrogens (tertiary/aromatic N) is 4. The van der Waals surface area contributed by atoms with Crippen LogP contribution in [0.2, 0.25) is 0 Å². The van der Waals surface area contributed by atoms with E-state index in [0.29, 0.717) is 0 Å². The summed E-state index contributed by atoms with van der Waals surface area (Å²) in [7, 11) is 8.53. The minimum atomic E-state index is -2.38. The van der Waals surface area contributed by atoms with Crippen molar-refractivity contribution in [3.8, 4) is 0 Å². The van der Waals surface area contributed by atoms with E-state index in [2.05, 4.69) is 53.6 Å². The van der Waals surface area contributed by atoms with Crippen LogP contribution in [0.3, 0.4) is 0 Å². The summed E-state index contributed by atoms with van der Waals surface area (Å²) in [6.07, 6.45) is 0. The molecule has 0 aromatic heterocycles. The molecular formula is C8H16N4Sb. The van der Waals surface area contributed by atoms with Gasteiger partial charge in [-0.1, -0.05) is 0 Å². The molecule has 0 bridgehead atoms. The van der Waals surface area contributed by atoms with Crippen molar-refractivity contribution in [2.75, 3.05) is 28.2 Å². The molecule has 0 unspecified atom stereocenters. The Bertz CT molecular complexity index is 243. The van der Waals surface area contributed by atoms with Crippen molar-refractivity contribution in [3.63, 3.8) is 0 Å². The molecule has 2 fully saturated rings. The molecule has 0 aromatic rings. The second kappa shape index (κ2) is 2.30. The first-order chi connectivity index (χ1) is 5.95. The van der Waals surface area contributed by atoms with Crippen LogP contribution in [0.5, 0.6) is 0 Å². The van der Waals surface area contributed by atoms with Crippen molar-refractivity contribution in [3.05, 3.63) is 24.8 Å². The summed E-state index contributed by atoms with van der Waals surface area (Å²) < 4.78 is 9.36. The Morgan fingerprint density at radius 3 is 1.23 bits per heavy atom. The van der Waals surface area contributed by atoms with Crippen LogP contribution in [0.25, 0.3) is 0 Å². The monoisotopic (exact) mass is 289 g/mol. The van der Waals surface area contributed by atoms with E-state index in [1.165, 1.54) is 0 Å². The van der Waals surface area contributed by atoms with Gasteiger partial charge in [-0.3, -0.25) is 0 Å². The van der Waals surface area contributed by atoms with Crippen molar-refractivity contribution >= 4 is 19.9 Å². The van der Waals surface area contributed by atoms with Crippen LogP contribution < -0.4 is 0 Å². The second-order valence-electron chi connectivity index (χ2n) is 3.46. The molecule has 73 valence electrons. The molecule has 2 rings (SSSR count). The maximum atomic E-state index is 4.01. The predicted molar refractivity (Wildman–Crippen MR) is 55.1 cm³/mol. The molecule has 2 heterocycles. The van der Waals surface area contributed by atoms with Gasteiger partial charge >= 0.3 is 85.1 Å². The molecule has 0 atom stereocenters. The quantitative estimate of drug-likeness (QED) is 0.587. The van der Waals surface area contributed by atoms with Crippen LogP contribution >= 0.6 is 0 Å². The van der Waals surface area contributed by atoms with E-state index in [4.69, 9.17) is 0 Å². The van der Waals surface area contributed by atoms with Gasteiger partial charge in [0.1, 0.15) is 0 Å². The first kappa shape index (κ1) is 9.07. The Kier molecular flexibility index (Phi) is 1.60. The molecule has 4 nitrogen and oxygen atoms in total. The van der Waals surface area contributed by atoms with Crippen LogP contribution in [-0.4, -0.2) is 60.3 Å². The van der Waals surface area contributed by atoms with Crippen LogP contribution in [0.1, 0.15) is 0 Å². The number of hydrogen-bond acceptors (Lipinski definition) is 4. The minimum absolute atomic E-state index is 1.12. The third-order valence-corrected chi connectivity index (χ3v) is 14.9. The summed E-state index contributed by atoms with van der Waals surface area (Å²) in [6.45, 7) is 8.03. The Morgan fingerprint density at radius 2 is 1.00 bits per heavy atom. The van der Waals surface area contributed by atoms with Crippen LogP contribution in [0.15, 0.2) is 24.8 Å². The fourth-order valence-corrected chi connectivity index (χ4v) is 13.4. The Balaban J connectivity index is 2.34. The molecule has 1 radical (unpaired) electrons. The topological polar surface area (TPSA) is 13.0 Å². The zero-order valence-electron chi connectivity index (χ0n) is 8.65. The van der Waals surface area contributed by atoms with E-state index >= 15 is 0 Å². The van der Waals surface area contributed by atoms with E-state index in [9.17, 15) is 0 Å². The van der Waals surface area contributed by atoms with Gasteiger partial charge < -0.3 is 0 Å². The zero-order valence-corrected chi connectivity index (χ0v) is 11.2. The zero-order chi connectivity index (χ0) is 9.96. The number of rotatable bonds is 0. The van der Waals surface area contributed by atoms with E-state index in [0.717, 1.165) is 11.6 Å². The molecule has 13 heavy (non-hydrogen) atoms. The summed E-state index contributed by atoms with van der Waals surface area (Å²) in [5, 5.41) is 0. The van der Waals surface area contributed by atoms with Gasteiger partial charge in [0, 0.05) is 0 Å². The summed E-state index contributed by atoms with van der Waals surface area (Å²) in [5.74, 6) is 2.24. The van der Waals surface area contributed by atoms with E-state index in [1.807, 2.05) is 0 Å². The van der Waals surface area contributed by atoms with E-state index in [-0.39, 0.29) is 0 Å². The summed E-state index contributed by atoms with van der Waals surface area (Å²) >= 11 is -2.38. The maximum absolute atomic E-state index is 4.01. The fourth-order valence-electron chi connectivity index (χ4n) is 2.17. The van der Waals surface area contributed by atoms with Gasteiger partial charge in [-0.05, 0) is 0 Å². The molecule has 0 amide bonds. The summed E-state index contributed by atoms with van der Waals surface area (Å²) in [6, 6.07) is 0. The third kappa shape index (κ3) is 0.665. The van der Waals surface area contributed by atoms with Crippen molar-refractivity contribution in [1.29, 1.82) is 0 Å². The van der Waals surface area contributed by atoms with Crippen molar-refractivity contribution in [1.82, 2.24) is 12.2 Å². The van der Waals surface area contributed by atoms with Gasteiger partial charge in [-0.15, -0.1) is 0 Å². The molecule has 0 saturated carbocycles. The van der Waals surface area contributed by atoms with Gasteiger partial charge in [0.2, 0.25) is 0 Å². The average Bonchev–Trinajstić information content (AvgIpc) is 2.16. The number of hydrogen-bond donors (Lipinski definition) is 0. The first-order valence-corrected chi connectivity index (χ1v) is 8.76. The van der Waals surface area contributed by atoms with Gasteiger partial charge in [-0.2, -0.15) is 0 Å². The Hall–Kier alpha value is -0.502. The van der Waals surface area contributed by atoms with Gasteiger partial charge in [0.25, 0.3) is 0 Å². The SMILES string of the molecule is C=C1[N](C)[Sb]2([N]1C)[N](C)C(=C)[N]2C. The molecule has 1 spiro atoms. The Labute approximate surface area is 85.1 Å². The van der Waals surface area contributed by atoms with E-state index in [1.54, 1.807) is 0 Å². The molecule has 2 aliphatic heterocycles. The van der Waals surface area contributed by atoms with Gasteiger partial charge in [0.05, 0.1) is 0 Å². The summed E-state index contributed by atoms with van der Waals surface area (Å²) in [5.41, 5.74) is 0. The standard InChI is InChI=1S/2C4H8N2.Sb/c2*1-4(5-2)6-3;/h2*1H2,2-3H3;/q2*-2;+4. The Morgan fingerprint density at radius 1 is 0.769 bits per heavy atom. The first-order valence-electron chi connectivity index (χ1n) is 4.19. The van der Waals surface area contributed by atoms with E-state index < -0.39 is 19.9 Å². The molecule has 5 heteroatoms. The van der Waals surface area contributed by atoms with Crippen LogP contribution in [-0.2, 0) is 0 Å². The molecule has 0 aromatic carbocycles. The molecule has 0 N–H and O–H groups in total. The van der Waals surface area contributed by atoms with Gasteiger partial charge in [-0.25, -0.2) is 0 Å². The van der Waals surface area contributed by atoms with Crippen LogP contribution in [0.4, 0.5) is 0 Å². The molecule has 2 aliphatic rings. The molecular weight excluding hydrogens is 274 g/mol. The average molecular weight is 290 g/mol. The fraction of sp³-hybridized carbons (Fsp3) is 0.500. The molecule has 0 aliphatic carbocycles. The normalized spacial score (nSPS) is 25.2. The van der Waals surface area contributed by atoms with Crippen molar-refractivity contribution < 1.29 is 0 Å². The summed E-state index contributed by atoms with van der Waals surface area (Å²) in [4.78, 5) is 0. The second-order valence-corrected chi connectivity index (χ2v) is 13.4. The van der Waals surface area contributed by atoms with Crippen molar-refractivity contribution in [2.24, 2.45) is 0 Å². The molecule has 2 saturated heterocycles.